The van der Waals surface area contributed by atoms with Gasteiger partial charge in [-0.05, 0) is 24.8 Å². The lowest BCUT2D eigenvalue weighted by Crippen LogP contribution is -2.74. The number of fused-ring (bicyclic) bond motifs is 3. The van der Waals surface area contributed by atoms with Crippen molar-refractivity contribution in [3.05, 3.63) is 52.7 Å². The zero-order chi connectivity index (χ0) is 38.9. The Morgan fingerprint density at radius 3 is 1.87 bits per heavy atom. The van der Waals surface area contributed by atoms with Crippen LogP contribution in [0.4, 0.5) is 74.6 Å². The van der Waals surface area contributed by atoms with E-state index in [0.29, 0.717) is 22.2 Å². The summed E-state index contributed by atoms with van der Waals surface area (Å²) < 4.78 is 237. The number of ether oxygens (including phenoxy) is 1. The smallest absolute Gasteiger partial charge is 0.460 e. The van der Waals surface area contributed by atoms with Crippen LogP contribution in [0.2, 0.25) is 0 Å². The van der Waals surface area contributed by atoms with Crippen LogP contribution in [-0.2, 0) is 26.0 Å². The highest BCUT2D eigenvalue weighted by atomic mass is 32.1. The molecule has 0 saturated heterocycles. The number of thiophene rings is 1. The molecule has 0 fully saturated rings. The highest BCUT2D eigenvalue weighted by Gasteiger charge is 2.95. The van der Waals surface area contributed by atoms with Crippen molar-refractivity contribution in [3.8, 4) is 17.3 Å². The standard InChI is InChI=1S/C28H18F17N5OS/c29-21(30,22(31,32)23(33,34)24(35,36)25(37,38)26(39,40)27(41,42)28(43,44)45)9-10-50-11-14(48-49-50)12-51-19-17-15-7-4-8-16(15)52-20(17)47-18(46-19)13-5-2-1-3-6-13/h1-3,5-6,11H,4,7-10,12H2. The van der Waals surface area contributed by atoms with E-state index in [0.717, 1.165) is 29.5 Å². The number of hydrogen-bond donors (Lipinski definition) is 0. The summed E-state index contributed by atoms with van der Waals surface area (Å²) >= 11 is 1.40. The number of rotatable bonds is 13. The molecule has 0 radical (unpaired) electrons. The van der Waals surface area contributed by atoms with Gasteiger partial charge in [0, 0.05) is 23.4 Å². The molecule has 6 nitrogen and oxygen atoms in total. The van der Waals surface area contributed by atoms with Crippen LogP contribution < -0.4 is 4.74 Å². The fraction of sp³-hybridized carbons (Fsp3) is 0.500. The molecule has 24 heteroatoms. The lowest BCUT2D eigenvalue weighted by Gasteiger charge is -2.42. The molecule has 0 saturated carbocycles. The van der Waals surface area contributed by atoms with Gasteiger partial charge in [-0.15, -0.1) is 16.4 Å². The molecule has 1 aliphatic carbocycles. The van der Waals surface area contributed by atoms with E-state index in [4.69, 9.17) is 4.74 Å². The van der Waals surface area contributed by atoms with Crippen molar-refractivity contribution in [2.45, 2.75) is 86.5 Å². The van der Waals surface area contributed by atoms with Crippen LogP contribution in [0.3, 0.4) is 0 Å². The minimum absolute atomic E-state index is 0.0579. The molecule has 286 valence electrons. The summed E-state index contributed by atoms with van der Waals surface area (Å²) in [6.45, 7) is -2.16. The second kappa shape index (κ2) is 12.6. The largest absolute Gasteiger partial charge is 0.470 e. The van der Waals surface area contributed by atoms with Crippen LogP contribution in [-0.4, -0.2) is 72.6 Å². The average Bonchev–Trinajstić information content (AvgIpc) is 3.78. The third kappa shape index (κ3) is 5.96. The Bertz CT molecular complexity index is 1920. The van der Waals surface area contributed by atoms with Crippen LogP contribution in [0.15, 0.2) is 36.5 Å². The third-order valence-corrected chi connectivity index (χ3v) is 9.13. The minimum Gasteiger partial charge on any atom is -0.470 e. The molecule has 0 N–H and O–H groups in total. The monoisotopic (exact) mass is 795 g/mol. The average molecular weight is 796 g/mol. The van der Waals surface area contributed by atoms with Crippen molar-refractivity contribution in [2.24, 2.45) is 0 Å². The van der Waals surface area contributed by atoms with Gasteiger partial charge in [-0.2, -0.15) is 79.6 Å². The summed E-state index contributed by atoms with van der Waals surface area (Å²) in [5.74, 6) is -56.4. The van der Waals surface area contributed by atoms with E-state index >= 15 is 0 Å². The quantitative estimate of drug-likeness (QED) is 0.126. The van der Waals surface area contributed by atoms with Crippen molar-refractivity contribution in [1.29, 1.82) is 0 Å². The van der Waals surface area contributed by atoms with E-state index in [1.165, 1.54) is 11.3 Å². The van der Waals surface area contributed by atoms with E-state index in [2.05, 4.69) is 20.3 Å². The van der Waals surface area contributed by atoms with Crippen molar-refractivity contribution in [1.82, 2.24) is 25.0 Å². The van der Waals surface area contributed by atoms with Gasteiger partial charge < -0.3 is 4.74 Å². The number of nitrogens with zero attached hydrogens (tertiary/aromatic N) is 5. The molecule has 52 heavy (non-hydrogen) atoms. The maximum absolute atomic E-state index is 14.4. The first-order valence-corrected chi connectivity index (χ1v) is 15.1. The van der Waals surface area contributed by atoms with Gasteiger partial charge in [-0.25, -0.2) is 4.98 Å². The minimum atomic E-state index is -8.68. The van der Waals surface area contributed by atoms with Crippen molar-refractivity contribution < 1.29 is 79.4 Å². The number of aromatic nitrogens is 5. The molecule has 0 bridgehead atoms. The van der Waals surface area contributed by atoms with E-state index in [-0.39, 0.29) is 22.1 Å². The van der Waals surface area contributed by atoms with Crippen LogP contribution in [0.25, 0.3) is 21.6 Å². The van der Waals surface area contributed by atoms with E-state index in [1.807, 2.05) is 0 Å². The van der Waals surface area contributed by atoms with Crippen LogP contribution in [0.1, 0.15) is 29.0 Å². The van der Waals surface area contributed by atoms with Gasteiger partial charge in [0.05, 0.1) is 11.6 Å². The summed E-state index contributed by atoms with van der Waals surface area (Å²) in [6, 6.07) is 8.60. The molecule has 1 aliphatic rings. The predicted octanol–water partition coefficient (Wildman–Crippen LogP) is 9.42. The normalized spacial score (nSPS) is 15.4. The molecule has 0 amide bonds. The molecule has 0 aliphatic heterocycles. The van der Waals surface area contributed by atoms with E-state index in [1.54, 1.807) is 30.3 Å². The zero-order valence-corrected chi connectivity index (χ0v) is 26.0. The topological polar surface area (TPSA) is 65.7 Å². The first-order chi connectivity index (χ1) is 23.7. The summed E-state index contributed by atoms with van der Waals surface area (Å²) in [4.78, 5) is 10.6. The predicted molar refractivity (Wildman–Crippen MR) is 145 cm³/mol. The first-order valence-electron chi connectivity index (χ1n) is 14.3. The molecule has 0 atom stereocenters. The maximum Gasteiger partial charge on any atom is 0.460 e. The summed E-state index contributed by atoms with van der Waals surface area (Å²) in [7, 11) is 0. The highest BCUT2D eigenvalue weighted by Crippen LogP contribution is 2.64. The number of halogens is 17. The second-order valence-electron chi connectivity index (χ2n) is 11.4. The SMILES string of the molecule is FC(F)(F)C(F)(F)C(F)(F)C(F)(F)C(F)(F)C(F)(F)C(F)(F)C(F)(F)CCn1cc(COc2nc(-c3ccccc3)nc3sc4c(c23)CCC4)nn1. The number of benzene rings is 1. The zero-order valence-electron chi connectivity index (χ0n) is 25.2. The Hall–Kier alpha value is -3.99. The van der Waals surface area contributed by atoms with Crippen LogP contribution >= 0.6 is 11.3 Å². The molecule has 5 rings (SSSR count). The Balaban J connectivity index is 1.33. The van der Waals surface area contributed by atoms with Crippen LogP contribution in [0, 0.1) is 0 Å². The maximum atomic E-state index is 14.4. The fourth-order valence-corrected chi connectivity index (χ4v) is 6.30. The van der Waals surface area contributed by atoms with Gasteiger partial charge >= 0.3 is 47.6 Å². The Kier molecular flexibility index (Phi) is 9.47. The summed E-state index contributed by atoms with van der Waals surface area (Å²) in [5, 5.41) is 7.33. The number of alkyl halides is 17. The van der Waals surface area contributed by atoms with Crippen molar-refractivity contribution in [3.63, 3.8) is 0 Å². The van der Waals surface area contributed by atoms with Gasteiger partial charge in [0.25, 0.3) is 0 Å². The Labute approximate surface area is 282 Å². The van der Waals surface area contributed by atoms with Gasteiger partial charge in [-0.3, -0.25) is 4.68 Å². The second-order valence-corrected chi connectivity index (χ2v) is 12.5. The molecule has 4 aromatic rings. The lowest BCUT2D eigenvalue weighted by atomic mass is 9.88. The first kappa shape index (κ1) is 39.2. The van der Waals surface area contributed by atoms with Gasteiger partial charge in [0.15, 0.2) is 5.82 Å². The molecular weight excluding hydrogens is 777 g/mol. The summed E-state index contributed by atoms with van der Waals surface area (Å²) in [5.41, 5.74) is 1.28. The molecule has 3 heterocycles. The highest BCUT2D eigenvalue weighted by molar-refractivity contribution is 7.19. The van der Waals surface area contributed by atoms with Gasteiger partial charge in [-0.1, -0.05) is 35.5 Å². The fourth-order valence-electron chi connectivity index (χ4n) is 5.05. The van der Waals surface area contributed by atoms with Crippen molar-refractivity contribution >= 4 is 21.6 Å². The molecule has 1 aromatic carbocycles. The summed E-state index contributed by atoms with van der Waals surface area (Å²) in [6.07, 6.45) is -7.49. The molecule has 0 unspecified atom stereocenters. The Morgan fingerprint density at radius 2 is 1.27 bits per heavy atom. The molecule has 3 aromatic heterocycles. The van der Waals surface area contributed by atoms with E-state index in [9.17, 15) is 74.6 Å². The van der Waals surface area contributed by atoms with Crippen LogP contribution in [0.5, 0.6) is 5.88 Å². The molecule has 0 spiro atoms. The third-order valence-electron chi connectivity index (χ3n) is 7.95. The molecular formula is C28H18F17N5OS. The van der Waals surface area contributed by atoms with E-state index < -0.39 is 67.2 Å². The van der Waals surface area contributed by atoms with Gasteiger partial charge in [0.1, 0.15) is 17.1 Å². The lowest BCUT2D eigenvalue weighted by molar-refractivity contribution is -0.461. The van der Waals surface area contributed by atoms with Crippen molar-refractivity contribution in [2.75, 3.05) is 0 Å². The van der Waals surface area contributed by atoms with Gasteiger partial charge in [0.2, 0.25) is 5.88 Å². The number of hydrogen-bond acceptors (Lipinski definition) is 6. The number of aryl methyl sites for hydroxylation is 3. The Morgan fingerprint density at radius 1 is 0.692 bits per heavy atom.